The van der Waals surface area contributed by atoms with Crippen LogP contribution in [0.25, 0.3) is 0 Å². The average Bonchev–Trinajstić information content (AvgIpc) is 3.29. The molecule has 146 valence electrons. The normalized spacial score (nSPS) is 24.5. The van der Waals surface area contributed by atoms with E-state index in [0.29, 0.717) is 25.9 Å². The monoisotopic (exact) mass is 366 g/mol. The molecule has 26 heavy (non-hydrogen) atoms. The molecule has 8 nitrogen and oxygen atoms in total. The van der Waals surface area contributed by atoms with Gasteiger partial charge in [0.15, 0.2) is 0 Å². The first-order chi connectivity index (χ1) is 12.4. The molecule has 3 fully saturated rings. The fourth-order valence-electron chi connectivity index (χ4n) is 3.91. The molecule has 0 bridgehead atoms. The van der Waals surface area contributed by atoms with Crippen LogP contribution in [0, 0.1) is 5.92 Å². The number of ether oxygens (including phenoxy) is 1. The lowest BCUT2D eigenvalue weighted by Gasteiger charge is -2.40. The van der Waals surface area contributed by atoms with Gasteiger partial charge in [0.25, 0.3) is 0 Å². The molecule has 4 amide bonds. The van der Waals surface area contributed by atoms with Gasteiger partial charge >= 0.3 is 6.03 Å². The fraction of sp³-hybridized carbons (Fsp3) is 0.833. The summed E-state index contributed by atoms with van der Waals surface area (Å²) in [5, 5.41) is 5.86. The highest BCUT2D eigenvalue weighted by molar-refractivity contribution is 5.87. The maximum Gasteiger partial charge on any atom is 0.318 e. The van der Waals surface area contributed by atoms with Crippen molar-refractivity contribution in [2.75, 3.05) is 32.8 Å². The zero-order valence-electron chi connectivity index (χ0n) is 15.8. The van der Waals surface area contributed by atoms with E-state index >= 15 is 0 Å². The Labute approximate surface area is 154 Å². The summed E-state index contributed by atoms with van der Waals surface area (Å²) in [7, 11) is 0. The molecule has 2 N–H and O–H groups in total. The van der Waals surface area contributed by atoms with Gasteiger partial charge < -0.3 is 25.2 Å². The van der Waals surface area contributed by atoms with Crippen molar-refractivity contribution in [1.82, 2.24) is 20.4 Å². The first kappa shape index (κ1) is 18.9. The Morgan fingerprint density at radius 2 is 1.85 bits per heavy atom. The molecule has 3 aliphatic heterocycles. The highest BCUT2D eigenvalue weighted by atomic mass is 16.5. The van der Waals surface area contributed by atoms with Crippen LogP contribution < -0.4 is 10.6 Å². The van der Waals surface area contributed by atoms with Gasteiger partial charge in [-0.25, -0.2) is 4.79 Å². The van der Waals surface area contributed by atoms with Gasteiger partial charge in [0.1, 0.15) is 18.4 Å². The summed E-state index contributed by atoms with van der Waals surface area (Å²) in [6, 6.07) is -0.651. The van der Waals surface area contributed by atoms with Crippen molar-refractivity contribution in [3.8, 4) is 0 Å². The number of nitrogens with zero attached hydrogens (tertiary/aromatic N) is 2. The van der Waals surface area contributed by atoms with E-state index in [1.54, 1.807) is 9.80 Å². The standard InChI is InChI=1S/C18H30N4O4/c1-3-13(2)15(19-17(25)22-8-4-5-9-22)16(24)21-10-6-18(7-11-21)20-14(23)12-26-18/h13,15H,3-12H2,1-2H3,(H,19,25)(H,20,23)/t13?,15-/m0/s1. The minimum atomic E-state index is -0.613. The van der Waals surface area contributed by atoms with Crippen LogP contribution in [0.5, 0.6) is 0 Å². The van der Waals surface area contributed by atoms with E-state index < -0.39 is 11.8 Å². The number of nitrogens with one attached hydrogen (secondary N) is 2. The van der Waals surface area contributed by atoms with Gasteiger partial charge in [-0.2, -0.15) is 0 Å². The average molecular weight is 366 g/mol. The van der Waals surface area contributed by atoms with E-state index in [9.17, 15) is 14.4 Å². The number of piperidine rings is 1. The lowest BCUT2D eigenvalue weighted by Crippen LogP contribution is -2.58. The maximum absolute atomic E-state index is 13.1. The van der Waals surface area contributed by atoms with E-state index in [2.05, 4.69) is 10.6 Å². The molecule has 0 saturated carbocycles. The summed E-state index contributed by atoms with van der Waals surface area (Å²) >= 11 is 0. The lowest BCUT2D eigenvalue weighted by molar-refractivity contribution is -0.140. The van der Waals surface area contributed by atoms with Crippen LogP contribution in [-0.4, -0.2) is 72.2 Å². The molecular formula is C18H30N4O4. The summed E-state index contributed by atoms with van der Waals surface area (Å²) in [5.41, 5.74) is -0.613. The van der Waals surface area contributed by atoms with E-state index in [4.69, 9.17) is 4.74 Å². The number of urea groups is 1. The number of carbonyl (C=O) groups is 3. The molecule has 0 aliphatic carbocycles. The summed E-state index contributed by atoms with van der Waals surface area (Å²) in [5.74, 6) is -0.0708. The summed E-state index contributed by atoms with van der Waals surface area (Å²) in [6.45, 7) is 6.68. The van der Waals surface area contributed by atoms with Crippen molar-refractivity contribution in [2.45, 2.75) is 57.7 Å². The molecular weight excluding hydrogens is 336 g/mol. The van der Waals surface area contributed by atoms with E-state index in [-0.39, 0.29) is 30.4 Å². The first-order valence-electron chi connectivity index (χ1n) is 9.73. The van der Waals surface area contributed by atoms with Gasteiger partial charge in [0, 0.05) is 39.0 Å². The number of carbonyl (C=O) groups excluding carboxylic acids is 3. The van der Waals surface area contributed by atoms with Gasteiger partial charge in [-0.3, -0.25) is 9.59 Å². The number of hydrogen-bond acceptors (Lipinski definition) is 4. The zero-order valence-corrected chi connectivity index (χ0v) is 15.8. The van der Waals surface area contributed by atoms with Gasteiger partial charge in [0.2, 0.25) is 11.8 Å². The second-order valence-electron chi connectivity index (χ2n) is 7.66. The van der Waals surface area contributed by atoms with Crippen LogP contribution in [0.15, 0.2) is 0 Å². The molecule has 1 unspecified atom stereocenters. The second kappa shape index (κ2) is 7.82. The summed E-state index contributed by atoms with van der Waals surface area (Å²) in [6.07, 6.45) is 4.02. The molecule has 2 atom stereocenters. The van der Waals surface area contributed by atoms with Crippen LogP contribution in [0.2, 0.25) is 0 Å². The highest BCUT2D eigenvalue weighted by Gasteiger charge is 2.43. The Hall–Kier alpha value is -1.83. The topological polar surface area (TPSA) is 91.0 Å². The quantitative estimate of drug-likeness (QED) is 0.765. The molecule has 0 aromatic heterocycles. The molecule has 8 heteroatoms. The lowest BCUT2D eigenvalue weighted by atomic mass is 9.95. The molecule has 0 aromatic rings. The SMILES string of the molecule is CCC(C)[C@H](NC(=O)N1CCCC1)C(=O)N1CCC2(CC1)NC(=O)CO2. The van der Waals surface area contributed by atoms with Crippen molar-refractivity contribution >= 4 is 17.8 Å². The Bertz CT molecular complexity index is 553. The van der Waals surface area contributed by atoms with Crippen molar-refractivity contribution < 1.29 is 19.1 Å². The van der Waals surface area contributed by atoms with E-state index in [0.717, 1.165) is 32.4 Å². The third-order valence-corrected chi connectivity index (χ3v) is 5.88. The van der Waals surface area contributed by atoms with Crippen LogP contribution in [0.4, 0.5) is 4.79 Å². The minimum absolute atomic E-state index is 0.0360. The molecule has 3 saturated heterocycles. The zero-order chi connectivity index (χ0) is 18.7. The summed E-state index contributed by atoms with van der Waals surface area (Å²) in [4.78, 5) is 40.6. The molecule has 3 aliphatic rings. The smallest absolute Gasteiger partial charge is 0.318 e. The predicted octanol–water partition coefficient (Wildman–Crippen LogP) is 0.672. The number of rotatable bonds is 4. The molecule has 0 aromatic carbocycles. The van der Waals surface area contributed by atoms with Gasteiger partial charge in [0.05, 0.1) is 0 Å². The van der Waals surface area contributed by atoms with Crippen LogP contribution in [0.3, 0.4) is 0 Å². The summed E-state index contributed by atoms with van der Waals surface area (Å²) < 4.78 is 5.61. The minimum Gasteiger partial charge on any atom is -0.346 e. The predicted molar refractivity (Wildman–Crippen MR) is 95.2 cm³/mol. The molecule has 1 spiro atoms. The van der Waals surface area contributed by atoms with Crippen molar-refractivity contribution in [3.63, 3.8) is 0 Å². The van der Waals surface area contributed by atoms with Crippen LogP contribution >= 0.6 is 0 Å². The third-order valence-electron chi connectivity index (χ3n) is 5.88. The van der Waals surface area contributed by atoms with Gasteiger partial charge in [-0.1, -0.05) is 20.3 Å². The third kappa shape index (κ3) is 3.95. The van der Waals surface area contributed by atoms with E-state index in [1.165, 1.54) is 0 Å². The number of likely N-dealkylation sites (tertiary alicyclic amines) is 2. The molecule has 3 rings (SSSR count). The largest absolute Gasteiger partial charge is 0.346 e. The van der Waals surface area contributed by atoms with Gasteiger partial charge in [-0.15, -0.1) is 0 Å². The fourth-order valence-corrected chi connectivity index (χ4v) is 3.91. The molecule has 3 heterocycles. The van der Waals surface area contributed by atoms with Crippen molar-refractivity contribution in [2.24, 2.45) is 5.92 Å². The Balaban J connectivity index is 1.60. The van der Waals surface area contributed by atoms with Crippen molar-refractivity contribution in [1.29, 1.82) is 0 Å². The Kier molecular flexibility index (Phi) is 5.70. The number of hydrogen-bond donors (Lipinski definition) is 2. The van der Waals surface area contributed by atoms with Crippen LogP contribution in [-0.2, 0) is 14.3 Å². The highest BCUT2D eigenvalue weighted by Crippen LogP contribution is 2.27. The first-order valence-corrected chi connectivity index (χ1v) is 9.73. The Morgan fingerprint density at radius 3 is 2.38 bits per heavy atom. The number of amides is 4. The van der Waals surface area contributed by atoms with Crippen molar-refractivity contribution in [3.05, 3.63) is 0 Å². The second-order valence-corrected chi connectivity index (χ2v) is 7.66. The van der Waals surface area contributed by atoms with E-state index in [1.807, 2.05) is 13.8 Å². The Morgan fingerprint density at radius 1 is 1.19 bits per heavy atom. The van der Waals surface area contributed by atoms with Gasteiger partial charge in [-0.05, 0) is 18.8 Å². The van der Waals surface area contributed by atoms with Crippen LogP contribution in [0.1, 0.15) is 46.0 Å². The molecule has 0 radical (unpaired) electrons. The maximum atomic E-state index is 13.1.